The molecule has 2 aliphatic heterocycles. The lowest BCUT2D eigenvalue weighted by Crippen LogP contribution is -2.30. The van der Waals surface area contributed by atoms with E-state index in [4.69, 9.17) is 17.3 Å². The minimum Gasteiger partial charge on any atom is -0.286 e. The van der Waals surface area contributed by atoms with Crippen molar-refractivity contribution in [2.45, 2.75) is 30.7 Å². The molecular weight excluding hydrogens is 573 g/mol. The van der Waals surface area contributed by atoms with Gasteiger partial charge in [-0.25, -0.2) is 13.1 Å². The Kier molecular flexibility index (Phi) is 7.65. The van der Waals surface area contributed by atoms with Crippen molar-refractivity contribution in [3.63, 3.8) is 0 Å². The number of thioether (sulfide) groups is 1. The van der Waals surface area contributed by atoms with Crippen LogP contribution in [0.3, 0.4) is 0 Å². The molecule has 208 valence electrons. The lowest BCUT2D eigenvalue weighted by molar-refractivity contribution is -0.123. The van der Waals surface area contributed by atoms with Crippen LogP contribution >= 0.6 is 24.0 Å². The summed E-state index contributed by atoms with van der Waals surface area (Å²) in [6, 6.07) is 26.1. The molecule has 2 saturated heterocycles. The van der Waals surface area contributed by atoms with E-state index >= 15 is 0 Å². The lowest BCUT2D eigenvalue weighted by Gasteiger charge is -2.23. The van der Waals surface area contributed by atoms with Crippen LogP contribution < -0.4 is 0 Å². The lowest BCUT2D eigenvalue weighted by atomic mass is 10.1. The van der Waals surface area contributed by atoms with Gasteiger partial charge in [0.1, 0.15) is 10.0 Å². The van der Waals surface area contributed by atoms with Gasteiger partial charge in [0.15, 0.2) is 0 Å². The first-order chi connectivity index (χ1) is 19.8. The standard InChI is InChI=1S/C31H28N4O3S3/c1-22(23-11-4-2-5-12-23)35-30(36)28(40-31(35)39)20-25-21-34(26-14-6-3-7-15-26)32-29(25)24-13-10-16-27(19-24)41(37,38)33-17-8-9-18-33/h2-7,10-16,19-22H,8-9,17-18H2,1H3/b28-20-. The van der Waals surface area contributed by atoms with Crippen molar-refractivity contribution in [3.05, 3.63) is 107 Å². The highest BCUT2D eigenvalue weighted by Crippen LogP contribution is 2.39. The first-order valence-corrected chi connectivity index (χ1v) is 16.1. The van der Waals surface area contributed by atoms with E-state index in [2.05, 4.69) is 0 Å². The molecule has 0 N–H and O–H groups in total. The Morgan fingerprint density at radius 3 is 2.34 bits per heavy atom. The van der Waals surface area contributed by atoms with Crippen molar-refractivity contribution < 1.29 is 13.2 Å². The van der Waals surface area contributed by atoms with Gasteiger partial charge >= 0.3 is 0 Å². The topological polar surface area (TPSA) is 75.5 Å². The van der Waals surface area contributed by atoms with Crippen molar-refractivity contribution in [2.75, 3.05) is 13.1 Å². The fourth-order valence-electron chi connectivity index (χ4n) is 5.15. The first kappa shape index (κ1) is 27.6. The van der Waals surface area contributed by atoms with Gasteiger partial charge in [-0.05, 0) is 55.7 Å². The quantitative estimate of drug-likeness (QED) is 0.183. The molecule has 0 aliphatic carbocycles. The van der Waals surface area contributed by atoms with E-state index in [1.807, 2.05) is 79.9 Å². The zero-order valence-electron chi connectivity index (χ0n) is 22.4. The van der Waals surface area contributed by atoms with Crippen LogP contribution in [0.1, 0.15) is 36.9 Å². The molecule has 0 saturated carbocycles. The minimum absolute atomic E-state index is 0.167. The average Bonchev–Trinajstić information content (AvgIpc) is 3.74. The molecule has 3 heterocycles. The van der Waals surface area contributed by atoms with Crippen molar-refractivity contribution >= 4 is 50.3 Å². The van der Waals surface area contributed by atoms with Gasteiger partial charge < -0.3 is 0 Å². The van der Waals surface area contributed by atoms with Crippen molar-refractivity contribution in [1.29, 1.82) is 0 Å². The number of carbonyl (C=O) groups is 1. The number of carbonyl (C=O) groups excluding carboxylic acids is 1. The number of sulfonamides is 1. The SMILES string of the molecule is CC(c1ccccc1)N1C(=O)/C(=C/c2cn(-c3ccccc3)nc2-c2cccc(S(=O)(=O)N3CCCC3)c2)SC1=S. The second-order valence-corrected chi connectivity index (χ2v) is 13.6. The molecule has 1 aromatic heterocycles. The van der Waals surface area contributed by atoms with E-state index in [0.29, 0.717) is 39.1 Å². The summed E-state index contributed by atoms with van der Waals surface area (Å²) in [6.45, 7) is 3.03. The summed E-state index contributed by atoms with van der Waals surface area (Å²) in [5.74, 6) is -0.167. The van der Waals surface area contributed by atoms with E-state index in [0.717, 1.165) is 24.1 Å². The molecule has 0 radical (unpaired) electrons. The zero-order valence-corrected chi connectivity index (χ0v) is 24.8. The monoisotopic (exact) mass is 600 g/mol. The van der Waals surface area contributed by atoms with Gasteiger partial charge in [-0.2, -0.15) is 9.40 Å². The highest BCUT2D eigenvalue weighted by Gasteiger charge is 2.36. The molecule has 10 heteroatoms. The molecule has 1 amide bonds. The number of hydrogen-bond donors (Lipinski definition) is 0. The van der Waals surface area contributed by atoms with Gasteiger partial charge in [0.2, 0.25) is 10.0 Å². The summed E-state index contributed by atoms with van der Waals surface area (Å²) >= 11 is 6.90. The van der Waals surface area contributed by atoms with E-state index in [1.165, 1.54) is 16.1 Å². The Hall–Kier alpha value is -3.57. The number of benzene rings is 3. The molecule has 4 aromatic rings. The Labute approximate surface area is 249 Å². The van der Waals surface area contributed by atoms with Gasteiger partial charge in [-0.15, -0.1) is 0 Å². The fraction of sp³-hybridized carbons (Fsp3) is 0.194. The third-order valence-electron chi connectivity index (χ3n) is 7.35. The highest BCUT2D eigenvalue weighted by molar-refractivity contribution is 8.26. The largest absolute Gasteiger partial charge is 0.286 e. The van der Waals surface area contributed by atoms with Crippen LogP contribution in [-0.2, 0) is 14.8 Å². The summed E-state index contributed by atoms with van der Waals surface area (Å²) in [5, 5.41) is 4.86. The number of thiocarbonyl (C=S) groups is 1. The molecular formula is C31H28N4O3S3. The van der Waals surface area contributed by atoms with Gasteiger partial charge in [0.25, 0.3) is 5.91 Å². The van der Waals surface area contributed by atoms with Gasteiger partial charge in [-0.1, -0.05) is 84.6 Å². The Morgan fingerprint density at radius 1 is 0.951 bits per heavy atom. The van der Waals surface area contributed by atoms with Crippen LogP contribution in [0.5, 0.6) is 0 Å². The molecule has 0 bridgehead atoms. The van der Waals surface area contributed by atoms with E-state index < -0.39 is 10.0 Å². The van der Waals surface area contributed by atoms with Crippen LogP contribution in [0, 0.1) is 0 Å². The maximum Gasteiger partial charge on any atom is 0.266 e. The van der Waals surface area contributed by atoms with Crippen LogP contribution in [-0.4, -0.2) is 50.7 Å². The normalized spacial score (nSPS) is 18.0. The second-order valence-electron chi connectivity index (χ2n) is 9.99. The van der Waals surface area contributed by atoms with Crippen LogP contribution in [0.4, 0.5) is 0 Å². The predicted octanol–water partition coefficient (Wildman–Crippen LogP) is 6.29. The second kappa shape index (κ2) is 11.4. The molecule has 3 aromatic carbocycles. The van der Waals surface area contributed by atoms with E-state index in [1.54, 1.807) is 33.9 Å². The number of rotatable bonds is 7. The Morgan fingerprint density at radius 2 is 1.63 bits per heavy atom. The molecule has 1 unspecified atom stereocenters. The summed E-state index contributed by atoms with van der Waals surface area (Å²) in [4.78, 5) is 16.0. The molecule has 0 spiro atoms. The fourth-order valence-corrected chi connectivity index (χ4v) is 8.12. The third kappa shape index (κ3) is 5.40. The minimum atomic E-state index is -3.61. The number of nitrogens with zero attached hydrogens (tertiary/aromatic N) is 4. The summed E-state index contributed by atoms with van der Waals surface area (Å²) in [7, 11) is -3.61. The van der Waals surface area contributed by atoms with Gasteiger partial charge in [-0.3, -0.25) is 9.69 Å². The van der Waals surface area contributed by atoms with Gasteiger partial charge in [0, 0.05) is 30.4 Å². The average molecular weight is 601 g/mol. The van der Waals surface area contributed by atoms with Crippen molar-refractivity contribution in [2.24, 2.45) is 0 Å². The summed E-state index contributed by atoms with van der Waals surface area (Å²) in [5.41, 5.74) is 3.77. The van der Waals surface area contributed by atoms with Crippen LogP contribution in [0.25, 0.3) is 23.0 Å². The third-order valence-corrected chi connectivity index (χ3v) is 10.6. The number of aromatic nitrogens is 2. The van der Waals surface area contributed by atoms with E-state index in [9.17, 15) is 13.2 Å². The Balaban J connectivity index is 1.41. The maximum absolute atomic E-state index is 13.6. The summed E-state index contributed by atoms with van der Waals surface area (Å²) in [6.07, 6.45) is 5.40. The predicted molar refractivity (Wildman–Crippen MR) is 167 cm³/mol. The smallest absolute Gasteiger partial charge is 0.266 e. The highest BCUT2D eigenvalue weighted by atomic mass is 32.2. The molecule has 6 rings (SSSR count). The number of hydrogen-bond acceptors (Lipinski definition) is 6. The Bertz CT molecular complexity index is 1750. The molecule has 2 fully saturated rings. The summed E-state index contributed by atoms with van der Waals surface area (Å²) < 4.78 is 30.4. The molecule has 41 heavy (non-hydrogen) atoms. The van der Waals surface area contributed by atoms with Crippen molar-refractivity contribution in [3.8, 4) is 16.9 Å². The number of para-hydroxylation sites is 1. The molecule has 7 nitrogen and oxygen atoms in total. The van der Waals surface area contributed by atoms with Crippen LogP contribution in [0.2, 0.25) is 0 Å². The first-order valence-electron chi connectivity index (χ1n) is 13.4. The van der Waals surface area contributed by atoms with Gasteiger partial charge in [0.05, 0.1) is 21.5 Å². The van der Waals surface area contributed by atoms with Crippen molar-refractivity contribution in [1.82, 2.24) is 19.0 Å². The molecule has 2 aliphatic rings. The maximum atomic E-state index is 13.6. The van der Waals surface area contributed by atoms with Crippen LogP contribution in [0.15, 0.2) is 101 Å². The number of amides is 1. The molecule has 1 atom stereocenters. The van der Waals surface area contributed by atoms with E-state index in [-0.39, 0.29) is 16.8 Å². The zero-order chi connectivity index (χ0) is 28.6.